The van der Waals surface area contributed by atoms with Crippen LogP contribution in [0.3, 0.4) is 0 Å². The van der Waals surface area contributed by atoms with Crippen LogP contribution in [0, 0.1) is 11.3 Å². The molecule has 0 unspecified atom stereocenters. The van der Waals surface area contributed by atoms with Crippen molar-refractivity contribution >= 4 is 28.8 Å². The molecule has 0 saturated heterocycles. The van der Waals surface area contributed by atoms with Gasteiger partial charge in [0.2, 0.25) is 5.91 Å². The van der Waals surface area contributed by atoms with E-state index in [0.717, 1.165) is 29.7 Å². The number of amides is 1. The lowest BCUT2D eigenvalue weighted by Crippen LogP contribution is -2.44. The van der Waals surface area contributed by atoms with Gasteiger partial charge >= 0.3 is 0 Å². The molecule has 1 aromatic heterocycles. The maximum Gasteiger partial charge on any atom is 0.256 e. The zero-order chi connectivity index (χ0) is 16.7. The number of carbonyl (C=O) groups is 1. The van der Waals surface area contributed by atoms with Gasteiger partial charge in [-0.1, -0.05) is 30.8 Å². The van der Waals surface area contributed by atoms with E-state index in [0.29, 0.717) is 18.1 Å². The van der Waals surface area contributed by atoms with E-state index in [9.17, 15) is 10.1 Å². The lowest BCUT2D eigenvalue weighted by molar-refractivity contribution is -0.122. The lowest BCUT2D eigenvalue weighted by atomic mass is 9.98. The van der Waals surface area contributed by atoms with Crippen molar-refractivity contribution in [2.24, 2.45) is 0 Å². The molecule has 0 aliphatic carbocycles. The zero-order valence-electron chi connectivity index (χ0n) is 13.5. The Kier molecular flexibility index (Phi) is 6.05. The number of fused-ring (bicyclic) bond motifs is 1. The smallest absolute Gasteiger partial charge is 0.256 e. The first kappa shape index (κ1) is 17.4. The van der Waals surface area contributed by atoms with E-state index in [1.807, 2.05) is 31.2 Å². The van der Waals surface area contributed by atoms with Gasteiger partial charge in [0, 0.05) is 12.2 Å². The van der Waals surface area contributed by atoms with Crippen molar-refractivity contribution in [1.29, 1.82) is 5.26 Å². The molecular formula is C17H21N3O2S. The second-order valence-corrected chi connectivity index (χ2v) is 6.69. The first-order valence-electron chi connectivity index (χ1n) is 7.77. The van der Waals surface area contributed by atoms with Crippen LogP contribution in [0.1, 0.15) is 39.5 Å². The van der Waals surface area contributed by atoms with E-state index < -0.39 is 5.54 Å². The SMILES string of the molecule is CCCC(=O)N[C@](C)(C#N)CCCSc1nc2ccccc2o1. The standard InChI is InChI=1S/C17H21N3O2S/c1-3-7-15(21)20-17(2,12-18)10-6-11-23-16-19-13-8-4-5-9-14(13)22-16/h4-5,8-9H,3,6-7,10-11H2,1-2H3,(H,20,21)/t17-/m0/s1. The number of carbonyl (C=O) groups excluding carboxylic acids is 1. The monoisotopic (exact) mass is 331 g/mol. The van der Waals surface area contributed by atoms with Gasteiger partial charge in [0.05, 0.1) is 6.07 Å². The third-order valence-electron chi connectivity index (χ3n) is 3.46. The molecule has 0 saturated carbocycles. The number of rotatable bonds is 8. The number of para-hydroxylation sites is 2. The predicted octanol–water partition coefficient (Wildman–Crippen LogP) is 3.90. The molecule has 1 heterocycles. The van der Waals surface area contributed by atoms with Crippen LogP contribution in [0.5, 0.6) is 0 Å². The molecule has 0 aliphatic rings. The Labute approximate surface area is 140 Å². The fraction of sp³-hybridized carbons (Fsp3) is 0.471. The Hall–Kier alpha value is -2.00. The van der Waals surface area contributed by atoms with Gasteiger partial charge in [0.1, 0.15) is 11.1 Å². The molecule has 2 rings (SSSR count). The van der Waals surface area contributed by atoms with Gasteiger partial charge in [-0.15, -0.1) is 0 Å². The van der Waals surface area contributed by atoms with E-state index >= 15 is 0 Å². The van der Waals surface area contributed by atoms with Crippen LogP contribution < -0.4 is 5.32 Å². The Morgan fingerprint density at radius 1 is 1.48 bits per heavy atom. The molecule has 122 valence electrons. The molecule has 1 atom stereocenters. The van der Waals surface area contributed by atoms with Crippen LogP contribution in [0.15, 0.2) is 33.9 Å². The summed E-state index contributed by atoms with van der Waals surface area (Å²) in [6, 6.07) is 9.86. The number of hydrogen-bond donors (Lipinski definition) is 1. The van der Waals surface area contributed by atoms with Crippen LogP contribution >= 0.6 is 11.8 Å². The van der Waals surface area contributed by atoms with Crippen LogP contribution in [0.2, 0.25) is 0 Å². The summed E-state index contributed by atoms with van der Waals surface area (Å²) in [5.74, 6) is 0.719. The zero-order valence-corrected chi connectivity index (χ0v) is 14.3. The van der Waals surface area contributed by atoms with E-state index in [1.54, 1.807) is 6.92 Å². The molecule has 5 nitrogen and oxygen atoms in total. The summed E-state index contributed by atoms with van der Waals surface area (Å²) < 4.78 is 5.64. The quantitative estimate of drug-likeness (QED) is 0.586. The Morgan fingerprint density at radius 2 is 2.26 bits per heavy atom. The van der Waals surface area contributed by atoms with Crippen molar-refractivity contribution in [3.05, 3.63) is 24.3 Å². The number of aromatic nitrogens is 1. The third kappa shape index (κ3) is 5.00. The molecule has 0 spiro atoms. The topological polar surface area (TPSA) is 78.9 Å². The summed E-state index contributed by atoms with van der Waals surface area (Å²) >= 11 is 1.53. The molecule has 1 amide bonds. The number of oxazole rings is 1. The summed E-state index contributed by atoms with van der Waals surface area (Å²) in [4.78, 5) is 16.1. The van der Waals surface area contributed by atoms with E-state index in [-0.39, 0.29) is 5.91 Å². The molecule has 1 N–H and O–H groups in total. The number of thioether (sulfide) groups is 1. The fourth-order valence-corrected chi connectivity index (χ4v) is 3.02. The van der Waals surface area contributed by atoms with Crippen molar-refractivity contribution in [2.75, 3.05) is 5.75 Å². The molecule has 2 aromatic rings. The molecule has 0 aliphatic heterocycles. The highest BCUT2D eigenvalue weighted by Crippen LogP contribution is 2.25. The van der Waals surface area contributed by atoms with Crippen molar-refractivity contribution in [1.82, 2.24) is 10.3 Å². The second kappa shape index (κ2) is 8.02. The number of benzene rings is 1. The average molecular weight is 331 g/mol. The van der Waals surface area contributed by atoms with E-state index in [2.05, 4.69) is 16.4 Å². The predicted molar refractivity (Wildman–Crippen MR) is 91.0 cm³/mol. The normalized spacial score (nSPS) is 13.4. The maximum atomic E-state index is 11.7. The Bertz CT molecular complexity index is 674. The maximum absolute atomic E-state index is 11.7. The van der Waals surface area contributed by atoms with Crippen LogP contribution in [0.25, 0.3) is 11.1 Å². The van der Waals surface area contributed by atoms with Gasteiger partial charge in [-0.05, 0) is 38.3 Å². The molecule has 23 heavy (non-hydrogen) atoms. The summed E-state index contributed by atoms with van der Waals surface area (Å²) in [6.07, 6.45) is 2.63. The fourth-order valence-electron chi connectivity index (χ4n) is 2.24. The first-order valence-corrected chi connectivity index (χ1v) is 8.75. The minimum atomic E-state index is -0.811. The van der Waals surface area contributed by atoms with Gasteiger partial charge in [0.25, 0.3) is 5.22 Å². The summed E-state index contributed by atoms with van der Waals surface area (Å²) in [5.41, 5.74) is 0.820. The summed E-state index contributed by atoms with van der Waals surface area (Å²) in [7, 11) is 0. The number of nitriles is 1. The van der Waals surface area contributed by atoms with Gasteiger partial charge in [-0.25, -0.2) is 4.98 Å². The van der Waals surface area contributed by atoms with E-state index in [1.165, 1.54) is 11.8 Å². The number of nitrogens with zero attached hydrogens (tertiary/aromatic N) is 2. The van der Waals surface area contributed by atoms with E-state index in [4.69, 9.17) is 4.42 Å². The highest BCUT2D eigenvalue weighted by atomic mass is 32.2. The Morgan fingerprint density at radius 3 is 2.96 bits per heavy atom. The average Bonchev–Trinajstić information content (AvgIpc) is 2.94. The van der Waals surface area contributed by atoms with Crippen molar-refractivity contribution < 1.29 is 9.21 Å². The highest BCUT2D eigenvalue weighted by molar-refractivity contribution is 7.99. The number of nitrogens with one attached hydrogen (secondary N) is 1. The van der Waals surface area contributed by atoms with Crippen molar-refractivity contribution in [3.63, 3.8) is 0 Å². The molecule has 0 radical (unpaired) electrons. The minimum Gasteiger partial charge on any atom is -0.431 e. The Balaban J connectivity index is 1.81. The summed E-state index contributed by atoms with van der Waals surface area (Å²) in [5, 5.41) is 12.8. The molecular weight excluding hydrogens is 310 g/mol. The first-order chi connectivity index (χ1) is 11.1. The third-order valence-corrected chi connectivity index (χ3v) is 4.37. The van der Waals surface area contributed by atoms with Crippen LogP contribution in [-0.4, -0.2) is 22.2 Å². The molecule has 0 fully saturated rings. The lowest BCUT2D eigenvalue weighted by Gasteiger charge is -2.22. The van der Waals surface area contributed by atoms with Gasteiger partial charge in [0.15, 0.2) is 5.58 Å². The second-order valence-electron chi connectivity index (χ2n) is 5.64. The molecule has 6 heteroatoms. The van der Waals surface area contributed by atoms with Crippen LogP contribution in [-0.2, 0) is 4.79 Å². The largest absolute Gasteiger partial charge is 0.431 e. The van der Waals surface area contributed by atoms with Crippen LogP contribution in [0.4, 0.5) is 0 Å². The van der Waals surface area contributed by atoms with Gasteiger partial charge in [-0.3, -0.25) is 4.79 Å². The van der Waals surface area contributed by atoms with Gasteiger partial charge < -0.3 is 9.73 Å². The minimum absolute atomic E-state index is 0.0665. The van der Waals surface area contributed by atoms with Crippen molar-refractivity contribution in [3.8, 4) is 6.07 Å². The number of hydrogen-bond acceptors (Lipinski definition) is 5. The highest BCUT2D eigenvalue weighted by Gasteiger charge is 2.25. The van der Waals surface area contributed by atoms with Crippen molar-refractivity contribution in [2.45, 2.75) is 50.3 Å². The molecule has 1 aromatic carbocycles. The molecule has 0 bridgehead atoms. The van der Waals surface area contributed by atoms with Gasteiger partial charge in [-0.2, -0.15) is 5.26 Å². The summed E-state index contributed by atoms with van der Waals surface area (Å²) in [6.45, 7) is 3.71.